The number of halogens is 2. The molecule has 1 amide bonds. The van der Waals surface area contributed by atoms with Gasteiger partial charge in [-0.1, -0.05) is 19.4 Å². The molecule has 1 aliphatic rings. The van der Waals surface area contributed by atoms with Crippen molar-refractivity contribution < 1.29 is 9.18 Å². The van der Waals surface area contributed by atoms with Crippen molar-refractivity contribution in [1.82, 2.24) is 10.2 Å². The summed E-state index contributed by atoms with van der Waals surface area (Å²) >= 11 is 3.24. The van der Waals surface area contributed by atoms with Gasteiger partial charge in [0.2, 0.25) is 0 Å². The predicted molar refractivity (Wildman–Crippen MR) is 85.9 cm³/mol. The number of unbranched alkanes of at least 4 members (excludes halogenated alkanes) is 1. The molecule has 0 spiro atoms. The highest BCUT2D eigenvalue weighted by Crippen LogP contribution is 2.20. The van der Waals surface area contributed by atoms with E-state index in [1.54, 1.807) is 12.1 Å². The van der Waals surface area contributed by atoms with Crippen molar-refractivity contribution in [2.24, 2.45) is 0 Å². The number of piperidine rings is 1. The Bertz CT molecular complexity index is 467. The van der Waals surface area contributed by atoms with Crippen LogP contribution in [0.4, 0.5) is 4.39 Å². The first-order valence-corrected chi connectivity index (χ1v) is 8.38. The highest BCUT2D eigenvalue weighted by Gasteiger charge is 2.23. The second-order valence-electron chi connectivity index (χ2n) is 5.54. The van der Waals surface area contributed by atoms with Gasteiger partial charge in [-0.25, -0.2) is 4.39 Å². The van der Waals surface area contributed by atoms with Crippen molar-refractivity contribution in [2.45, 2.75) is 38.6 Å². The van der Waals surface area contributed by atoms with E-state index in [0.717, 1.165) is 32.5 Å². The van der Waals surface area contributed by atoms with E-state index in [1.165, 1.54) is 18.9 Å². The molecule has 1 aliphatic heterocycles. The van der Waals surface area contributed by atoms with Crippen LogP contribution in [-0.4, -0.2) is 36.5 Å². The molecule has 1 aromatic carbocycles. The van der Waals surface area contributed by atoms with Gasteiger partial charge in [-0.3, -0.25) is 4.79 Å². The summed E-state index contributed by atoms with van der Waals surface area (Å²) in [5.74, 6) is -0.811. The van der Waals surface area contributed by atoms with Crippen LogP contribution < -0.4 is 5.32 Å². The largest absolute Gasteiger partial charge is 0.349 e. The Kier molecular flexibility index (Phi) is 6.18. The molecule has 0 saturated carbocycles. The predicted octanol–water partition coefficient (Wildman–Crippen LogP) is 3.58. The van der Waals surface area contributed by atoms with Crippen LogP contribution in [0.5, 0.6) is 0 Å². The maximum Gasteiger partial charge on any atom is 0.255 e. The van der Waals surface area contributed by atoms with E-state index in [-0.39, 0.29) is 17.5 Å². The zero-order valence-electron chi connectivity index (χ0n) is 12.4. The van der Waals surface area contributed by atoms with Crippen molar-refractivity contribution >= 4 is 21.8 Å². The monoisotopic (exact) mass is 356 g/mol. The van der Waals surface area contributed by atoms with Gasteiger partial charge < -0.3 is 10.2 Å². The van der Waals surface area contributed by atoms with E-state index in [4.69, 9.17) is 0 Å². The Balaban J connectivity index is 1.87. The molecule has 1 heterocycles. The van der Waals surface area contributed by atoms with Gasteiger partial charge >= 0.3 is 0 Å². The van der Waals surface area contributed by atoms with Crippen molar-refractivity contribution in [3.63, 3.8) is 0 Å². The Hall–Kier alpha value is -0.940. The van der Waals surface area contributed by atoms with Gasteiger partial charge in [0.1, 0.15) is 5.82 Å². The van der Waals surface area contributed by atoms with Gasteiger partial charge in [-0.2, -0.15) is 0 Å². The van der Waals surface area contributed by atoms with E-state index in [1.807, 2.05) is 0 Å². The molecule has 0 radical (unpaired) electrons. The molecular weight excluding hydrogens is 335 g/mol. The first-order valence-electron chi connectivity index (χ1n) is 7.59. The minimum absolute atomic E-state index is 0.103. The second-order valence-corrected chi connectivity index (χ2v) is 6.39. The fourth-order valence-corrected chi connectivity index (χ4v) is 3.18. The summed E-state index contributed by atoms with van der Waals surface area (Å²) in [6, 6.07) is 4.72. The summed E-state index contributed by atoms with van der Waals surface area (Å²) in [6.45, 7) is 5.34. The minimum atomic E-state index is -0.484. The lowest BCUT2D eigenvalue weighted by Crippen LogP contribution is -2.45. The lowest BCUT2D eigenvalue weighted by molar-refractivity contribution is 0.0906. The van der Waals surface area contributed by atoms with Crippen molar-refractivity contribution in [3.8, 4) is 0 Å². The highest BCUT2D eigenvalue weighted by atomic mass is 79.9. The smallest absolute Gasteiger partial charge is 0.255 e. The lowest BCUT2D eigenvalue weighted by atomic mass is 10.0. The van der Waals surface area contributed by atoms with Gasteiger partial charge in [-0.15, -0.1) is 0 Å². The number of hydrogen-bond acceptors (Lipinski definition) is 2. The van der Waals surface area contributed by atoms with Crippen LogP contribution >= 0.6 is 15.9 Å². The molecule has 0 unspecified atom stereocenters. The number of rotatable bonds is 5. The lowest BCUT2D eigenvalue weighted by Gasteiger charge is -2.32. The number of carbonyl (C=O) groups excluding carboxylic acids is 1. The molecule has 0 atom stereocenters. The first-order chi connectivity index (χ1) is 10.1. The molecule has 5 heteroatoms. The summed E-state index contributed by atoms with van der Waals surface area (Å²) < 4.78 is 14.3. The van der Waals surface area contributed by atoms with Gasteiger partial charge in [-0.05, 0) is 53.9 Å². The fraction of sp³-hybridized carbons (Fsp3) is 0.562. The van der Waals surface area contributed by atoms with Gasteiger partial charge in [0, 0.05) is 23.6 Å². The minimum Gasteiger partial charge on any atom is -0.349 e. The third-order valence-corrected chi connectivity index (χ3v) is 4.60. The van der Waals surface area contributed by atoms with E-state index in [2.05, 4.69) is 33.1 Å². The third kappa shape index (κ3) is 4.51. The highest BCUT2D eigenvalue weighted by molar-refractivity contribution is 9.10. The second kappa shape index (κ2) is 7.90. The van der Waals surface area contributed by atoms with Gasteiger partial charge in [0.15, 0.2) is 0 Å². The number of hydrogen-bond donors (Lipinski definition) is 1. The molecule has 3 nitrogen and oxygen atoms in total. The number of nitrogens with zero attached hydrogens (tertiary/aromatic N) is 1. The summed E-state index contributed by atoms with van der Waals surface area (Å²) in [4.78, 5) is 14.6. The van der Waals surface area contributed by atoms with Crippen LogP contribution in [0.25, 0.3) is 0 Å². The SMILES string of the molecule is CCCCN1CCC(NC(=O)c2c(F)cccc2Br)CC1. The maximum absolute atomic E-state index is 13.8. The fourth-order valence-electron chi connectivity index (χ4n) is 2.65. The number of benzene rings is 1. The van der Waals surface area contributed by atoms with E-state index < -0.39 is 5.82 Å². The molecule has 0 aromatic heterocycles. The molecule has 0 bridgehead atoms. The summed E-state index contributed by atoms with van der Waals surface area (Å²) in [7, 11) is 0. The molecule has 1 fully saturated rings. The Morgan fingerprint density at radius 2 is 2.14 bits per heavy atom. The zero-order chi connectivity index (χ0) is 15.2. The first kappa shape index (κ1) is 16.4. The Morgan fingerprint density at radius 1 is 1.43 bits per heavy atom. The topological polar surface area (TPSA) is 32.3 Å². The maximum atomic E-state index is 13.8. The summed E-state index contributed by atoms with van der Waals surface area (Å²) in [6.07, 6.45) is 4.29. The number of likely N-dealkylation sites (tertiary alicyclic amines) is 1. The van der Waals surface area contributed by atoms with Crippen LogP contribution in [-0.2, 0) is 0 Å². The van der Waals surface area contributed by atoms with E-state index in [0.29, 0.717) is 4.47 Å². The third-order valence-electron chi connectivity index (χ3n) is 3.94. The molecular formula is C16H22BrFN2O. The quantitative estimate of drug-likeness (QED) is 0.874. The van der Waals surface area contributed by atoms with Gasteiger partial charge in [0.25, 0.3) is 5.91 Å². The van der Waals surface area contributed by atoms with Crippen LogP contribution in [0.2, 0.25) is 0 Å². The molecule has 21 heavy (non-hydrogen) atoms. The molecule has 0 aliphatic carbocycles. The number of carbonyl (C=O) groups is 1. The van der Waals surface area contributed by atoms with Crippen LogP contribution in [0.3, 0.4) is 0 Å². The van der Waals surface area contributed by atoms with Gasteiger partial charge in [0.05, 0.1) is 5.56 Å². The van der Waals surface area contributed by atoms with E-state index >= 15 is 0 Å². The summed E-state index contributed by atoms with van der Waals surface area (Å²) in [5.41, 5.74) is 0.103. The molecule has 116 valence electrons. The summed E-state index contributed by atoms with van der Waals surface area (Å²) in [5, 5.41) is 2.96. The normalized spacial score (nSPS) is 16.9. The van der Waals surface area contributed by atoms with E-state index in [9.17, 15) is 9.18 Å². The van der Waals surface area contributed by atoms with Crippen LogP contribution in [0.1, 0.15) is 43.0 Å². The average molecular weight is 357 g/mol. The molecule has 1 N–H and O–H groups in total. The zero-order valence-corrected chi connectivity index (χ0v) is 14.0. The van der Waals surface area contributed by atoms with Crippen LogP contribution in [0.15, 0.2) is 22.7 Å². The molecule has 1 aromatic rings. The number of nitrogens with one attached hydrogen (secondary N) is 1. The average Bonchev–Trinajstić information content (AvgIpc) is 2.46. The Morgan fingerprint density at radius 3 is 2.76 bits per heavy atom. The van der Waals surface area contributed by atoms with Crippen molar-refractivity contribution in [3.05, 3.63) is 34.1 Å². The molecule has 1 saturated heterocycles. The van der Waals surface area contributed by atoms with Crippen LogP contribution in [0, 0.1) is 5.82 Å². The molecule has 2 rings (SSSR count). The Labute approximate surface area is 134 Å². The standard InChI is InChI=1S/C16H22BrFN2O/c1-2-3-9-20-10-7-12(8-11-20)19-16(21)15-13(17)5-4-6-14(15)18/h4-6,12H,2-3,7-11H2,1H3,(H,19,21). The van der Waals surface area contributed by atoms with Crippen molar-refractivity contribution in [2.75, 3.05) is 19.6 Å². The van der Waals surface area contributed by atoms with Crippen molar-refractivity contribution in [1.29, 1.82) is 0 Å². The number of amides is 1.